The summed E-state index contributed by atoms with van der Waals surface area (Å²) in [6.45, 7) is 3.73. The number of nitrogens with two attached hydrogens (primary N) is 1. The third-order valence-corrected chi connectivity index (χ3v) is 2.94. The summed E-state index contributed by atoms with van der Waals surface area (Å²) < 4.78 is 10.2. The highest BCUT2D eigenvalue weighted by molar-refractivity contribution is 7.80. The molecule has 0 saturated heterocycles. The second-order valence-corrected chi connectivity index (χ2v) is 4.58. The molecule has 0 spiro atoms. The van der Waals surface area contributed by atoms with Gasteiger partial charge < -0.3 is 15.2 Å². The van der Waals surface area contributed by atoms with Gasteiger partial charge in [-0.1, -0.05) is 18.3 Å². The molecule has 2 N–H and O–H groups in total. The molecular formula is C13H21N3O2S. The zero-order valence-corrected chi connectivity index (χ0v) is 12.3. The van der Waals surface area contributed by atoms with Crippen LogP contribution in [0.2, 0.25) is 0 Å². The summed E-state index contributed by atoms with van der Waals surface area (Å²) in [4.78, 5) is 6.79. The van der Waals surface area contributed by atoms with E-state index in [0.717, 1.165) is 25.2 Å². The fourth-order valence-corrected chi connectivity index (χ4v) is 1.92. The first-order chi connectivity index (χ1) is 9.19. The van der Waals surface area contributed by atoms with E-state index in [0.29, 0.717) is 23.9 Å². The lowest BCUT2D eigenvalue weighted by Crippen LogP contribution is -2.31. The first kappa shape index (κ1) is 16.0. The van der Waals surface area contributed by atoms with Crippen molar-refractivity contribution in [2.24, 2.45) is 5.73 Å². The van der Waals surface area contributed by atoms with Gasteiger partial charge in [-0.05, 0) is 11.6 Å². The monoisotopic (exact) mass is 283 g/mol. The van der Waals surface area contributed by atoms with Gasteiger partial charge in [-0.25, -0.2) is 0 Å². The molecule has 0 aliphatic rings. The lowest BCUT2D eigenvalue weighted by atomic mass is 10.1. The highest BCUT2D eigenvalue weighted by Gasteiger charge is 2.11. The highest BCUT2D eigenvalue weighted by atomic mass is 32.1. The molecular weight excluding hydrogens is 262 g/mol. The Hall–Kier alpha value is -1.08. The largest absolute Gasteiger partial charge is 0.388 e. The number of hydrogen-bond donors (Lipinski definition) is 1. The van der Waals surface area contributed by atoms with Crippen molar-refractivity contribution in [3.8, 4) is 0 Å². The fourth-order valence-electron chi connectivity index (χ4n) is 1.74. The standard InChI is InChI=1S/C13H21N3O2S/c1-17-8-6-16(7-9-18-2)10-11-4-3-5-15-12(11)13(14)19/h3-5H,6-10H2,1-2H3,(H2,14,19). The third-order valence-electron chi connectivity index (χ3n) is 2.74. The summed E-state index contributed by atoms with van der Waals surface area (Å²) >= 11 is 5.02. The predicted octanol–water partition coefficient (Wildman–Crippen LogP) is 0.811. The molecule has 0 aliphatic carbocycles. The lowest BCUT2D eigenvalue weighted by molar-refractivity contribution is 0.110. The van der Waals surface area contributed by atoms with Gasteiger partial charge in [-0.2, -0.15) is 0 Å². The van der Waals surface area contributed by atoms with Crippen molar-refractivity contribution in [2.75, 3.05) is 40.5 Å². The van der Waals surface area contributed by atoms with Gasteiger partial charge in [0.15, 0.2) is 0 Å². The average Bonchev–Trinajstić information content (AvgIpc) is 2.42. The molecule has 106 valence electrons. The molecule has 6 heteroatoms. The smallest absolute Gasteiger partial charge is 0.123 e. The van der Waals surface area contributed by atoms with Gasteiger partial charge in [-0.15, -0.1) is 0 Å². The van der Waals surface area contributed by atoms with Crippen molar-refractivity contribution in [1.82, 2.24) is 9.88 Å². The minimum atomic E-state index is 0.328. The van der Waals surface area contributed by atoms with Gasteiger partial charge in [0.1, 0.15) is 10.7 Å². The molecule has 5 nitrogen and oxygen atoms in total. The number of hydrogen-bond acceptors (Lipinski definition) is 5. The maximum Gasteiger partial charge on any atom is 0.123 e. The summed E-state index contributed by atoms with van der Waals surface area (Å²) in [5, 5.41) is 0. The number of thiocarbonyl (C=S) groups is 1. The summed E-state index contributed by atoms with van der Waals surface area (Å²) in [6.07, 6.45) is 1.70. The van der Waals surface area contributed by atoms with E-state index in [2.05, 4.69) is 9.88 Å². The third kappa shape index (κ3) is 5.61. The predicted molar refractivity (Wildman–Crippen MR) is 79.2 cm³/mol. The number of rotatable bonds is 9. The van der Waals surface area contributed by atoms with E-state index in [-0.39, 0.29) is 0 Å². The molecule has 0 saturated carbocycles. The minimum absolute atomic E-state index is 0.328. The van der Waals surface area contributed by atoms with Crippen molar-refractivity contribution in [3.05, 3.63) is 29.6 Å². The zero-order valence-electron chi connectivity index (χ0n) is 11.5. The van der Waals surface area contributed by atoms with E-state index >= 15 is 0 Å². The van der Waals surface area contributed by atoms with Crippen LogP contribution in [0.1, 0.15) is 11.3 Å². The van der Waals surface area contributed by atoms with Crippen LogP contribution < -0.4 is 5.73 Å². The maximum absolute atomic E-state index is 5.69. The Labute approximate surface area is 119 Å². The Morgan fingerprint density at radius 2 is 1.95 bits per heavy atom. The van der Waals surface area contributed by atoms with Crippen LogP contribution in [-0.4, -0.2) is 55.4 Å². The Morgan fingerprint density at radius 3 is 2.47 bits per heavy atom. The first-order valence-electron chi connectivity index (χ1n) is 6.13. The molecule has 0 aliphatic heterocycles. The van der Waals surface area contributed by atoms with Gasteiger partial charge in [0.25, 0.3) is 0 Å². The SMILES string of the molecule is COCCN(CCOC)Cc1cccnc1C(N)=S. The van der Waals surface area contributed by atoms with E-state index in [4.69, 9.17) is 27.4 Å². The first-order valence-corrected chi connectivity index (χ1v) is 6.53. The maximum atomic E-state index is 5.69. The zero-order chi connectivity index (χ0) is 14.1. The van der Waals surface area contributed by atoms with Gasteiger partial charge in [-0.3, -0.25) is 9.88 Å². The molecule has 0 unspecified atom stereocenters. The topological polar surface area (TPSA) is 60.6 Å². The number of aromatic nitrogens is 1. The normalized spacial score (nSPS) is 10.9. The van der Waals surface area contributed by atoms with Crippen LogP contribution >= 0.6 is 12.2 Å². The van der Waals surface area contributed by atoms with Crippen molar-refractivity contribution in [1.29, 1.82) is 0 Å². The van der Waals surface area contributed by atoms with E-state index in [1.807, 2.05) is 12.1 Å². The molecule has 1 rings (SSSR count). The Bertz CT molecular complexity index is 393. The number of nitrogens with zero attached hydrogens (tertiary/aromatic N) is 2. The van der Waals surface area contributed by atoms with E-state index in [1.54, 1.807) is 20.4 Å². The quantitative estimate of drug-likeness (QED) is 0.677. The van der Waals surface area contributed by atoms with Crippen LogP contribution in [0, 0.1) is 0 Å². The fraction of sp³-hybridized carbons (Fsp3) is 0.538. The molecule has 0 atom stereocenters. The van der Waals surface area contributed by atoms with Crippen molar-refractivity contribution >= 4 is 17.2 Å². The van der Waals surface area contributed by atoms with Crippen molar-refractivity contribution in [3.63, 3.8) is 0 Å². The second-order valence-electron chi connectivity index (χ2n) is 4.14. The molecule has 1 aromatic rings. The molecule has 0 amide bonds. The molecule has 0 fully saturated rings. The van der Waals surface area contributed by atoms with E-state index in [1.165, 1.54) is 0 Å². The van der Waals surface area contributed by atoms with Crippen LogP contribution in [-0.2, 0) is 16.0 Å². The van der Waals surface area contributed by atoms with E-state index in [9.17, 15) is 0 Å². The molecule has 0 radical (unpaired) electrons. The lowest BCUT2D eigenvalue weighted by Gasteiger charge is -2.22. The molecule has 1 heterocycles. The Balaban J connectivity index is 2.74. The van der Waals surface area contributed by atoms with Crippen molar-refractivity contribution in [2.45, 2.75) is 6.54 Å². The van der Waals surface area contributed by atoms with Gasteiger partial charge in [0, 0.05) is 40.1 Å². The Morgan fingerprint density at radius 1 is 1.32 bits per heavy atom. The Kier molecular flexibility index (Phi) is 7.50. The summed E-state index contributed by atoms with van der Waals surface area (Å²) in [5.41, 5.74) is 7.41. The molecule has 19 heavy (non-hydrogen) atoms. The van der Waals surface area contributed by atoms with Gasteiger partial charge in [0.2, 0.25) is 0 Å². The molecule has 0 bridgehead atoms. The summed E-state index contributed by atoms with van der Waals surface area (Å²) in [7, 11) is 3.39. The number of methoxy groups -OCH3 is 2. The van der Waals surface area contributed by atoms with Crippen LogP contribution in [0.15, 0.2) is 18.3 Å². The summed E-state index contributed by atoms with van der Waals surface area (Å²) in [5.74, 6) is 0. The highest BCUT2D eigenvalue weighted by Crippen LogP contribution is 2.09. The molecule has 0 aromatic carbocycles. The number of ether oxygens (including phenoxy) is 2. The summed E-state index contributed by atoms with van der Waals surface area (Å²) in [6, 6.07) is 3.88. The molecule has 1 aromatic heterocycles. The van der Waals surface area contributed by atoms with Gasteiger partial charge in [0.05, 0.1) is 13.2 Å². The van der Waals surface area contributed by atoms with Crippen molar-refractivity contribution < 1.29 is 9.47 Å². The minimum Gasteiger partial charge on any atom is -0.388 e. The average molecular weight is 283 g/mol. The second kappa shape index (κ2) is 8.92. The van der Waals surface area contributed by atoms with E-state index < -0.39 is 0 Å². The van der Waals surface area contributed by atoms with Crippen LogP contribution in [0.3, 0.4) is 0 Å². The van der Waals surface area contributed by atoms with Crippen LogP contribution in [0.4, 0.5) is 0 Å². The van der Waals surface area contributed by atoms with Crippen LogP contribution in [0.5, 0.6) is 0 Å². The van der Waals surface area contributed by atoms with Crippen LogP contribution in [0.25, 0.3) is 0 Å². The number of pyridine rings is 1. The van der Waals surface area contributed by atoms with Gasteiger partial charge >= 0.3 is 0 Å².